The van der Waals surface area contributed by atoms with Gasteiger partial charge in [0.25, 0.3) is 5.91 Å². The fourth-order valence-corrected chi connectivity index (χ4v) is 2.94. The number of nitrogens with zero attached hydrogens (tertiary/aromatic N) is 2. The van der Waals surface area contributed by atoms with Crippen molar-refractivity contribution in [2.75, 3.05) is 36.5 Å². The van der Waals surface area contributed by atoms with Crippen LogP contribution < -0.4 is 19.7 Å². The van der Waals surface area contributed by atoms with Gasteiger partial charge in [0, 0.05) is 13.1 Å². The zero-order valence-corrected chi connectivity index (χ0v) is 15.3. The van der Waals surface area contributed by atoms with E-state index in [0.29, 0.717) is 18.0 Å². The van der Waals surface area contributed by atoms with Gasteiger partial charge in [0.2, 0.25) is 0 Å². The Morgan fingerprint density at radius 1 is 1.08 bits per heavy atom. The molecule has 1 N–H and O–H groups in total. The Morgan fingerprint density at radius 2 is 1.73 bits per heavy atom. The van der Waals surface area contributed by atoms with Gasteiger partial charge in [0.1, 0.15) is 17.3 Å². The van der Waals surface area contributed by atoms with E-state index in [1.807, 2.05) is 38.1 Å². The summed E-state index contributed by atoms with van der Waals surface area (Å²) < 4.78 is 10.9. The molecule has 6 heteroatoms. The van der Waals surface area contributed by atoms with Crippen LogP contribution in [0.1, 0.15) is 25.5 Å². The minimum absolute atomic E-state index is 0.0543. The van der Waals surface area contributed by atoms with Crippen LogP contribution >= 0.6 is 0 Å². The minimum atomic E-state index is -0.210. The van der Waals surface area contributed by atoms with Crippen LogP contribution in [0, 0.1) is 6.92 Å². The molecule has 2 aromatic rings. The monoisotopic (exact) mass is 355 g/mol. The number of nitrogens with one attached hydrogen (secondary N) is 1. The second-order valence-electron chi connectivity index (χ2n) is 6.24. The molecule has 1 saturated heterocycles. The number of carbonyl (C=O) groups is 1. The van der Waals surface area contributed by atoms with Crippen molar-refractivity contribution in [1.29, 1.82) is 0 Å². The van der Waals surface area contributed by atoms with Crippen molar-refractivity contribution >= 4 is 17.4 Å². The molecule has 138 valence electrons. The summed E-state index contributed by atoms with van der Waals surface area (Å²) in [6.45, 7) is 6.50. The molecule has 1 aliphatic heterocycles. The molecule has 1 fully saturated rings. The number of hydrogen-bond donors (Lipinski definition) is 1. The highest BCUT2D eigenvalue weighted by Gasteiger charge is 2.15. The maximum absolute atomic E-state index is 12.1. The summed E-state index contributed by atoms with van der Waals surface area (Å²) in [4.78, 5) is 19.0. The molecule has 1 amide bonds. The Balaban J connectivity index is 1.52. The Kier molecular flexibility index (Phi) is 5.94. The second kappa shape index (κ2) is 8.56. The lowest BCUT2D eigenvalue weighted by atomic mass is 10.3. The number of pyridine rings is 1. The van der Waals surface area contributed by atoms with Gasteiger partial charge in [-0.15, -0.1) is 0 Å². The number of amides is 1. The number of aromatic nitrogens is 1. The van der Waals surface area contributed by atoms with Gasteiger partial charge >= 0.3 is 0 Å². The number of ether oxygens (including phenoxy) is 2. The largest absolute Gasteiger partial charge is 0.494 e. The maximum Gasteiger partial charge on any atom is 0.262 e. The van der Waals surface area contributed by atoms with Crippen LogP contribution in [0.5, 0.6) is 11.5 Å². The first-order valence-electron chi connectivity index (χ1n) is 9.04. The molecule has 0 spiro atoms. The van der Waals surface area contributed by atoms with Gasteiger partial charge in [0.05, 0.1) is 18.0 Å². The number of anilines is 2. The van der Waals surface area contributed by atoms with E-state index in [2.05, 4.69) is 15.2 Å². The molecule has 2 heterocycles. The Labute approximate surface area is 154 Å². The molecule has 1 aromatic carbocycles. The predicted molar refractivity (Wildman–Crippen MR) is 102 cm³/mol. The SMILES string of the molecule is CCOc1ccc(OCC(=O)Nc2ccc(N3CCCC3)nc2C)cc1. The molecule has 0 radical (unpaired) electrons. The molecule has 0 aliphatic carbocycles. The first-order chi connectivity index (χ1) is 12.7. The summed E-state index contributed by atoms with van der Waals surface area (Å²) in [5, 5.41) is 2.86. The molecule has 0 atom stereocenters. The first kappa shape index (κ1) is 18.0. The highest BCUT2D eigenvalue weighted by molar-refractivity contribution is 5.92. The van der Waals surface area contributed by atoms with E-state index in [0.717, 1.165) is 30.4 Å². The average Bonchev–Trinajstić information content (AvgIpc) is 3.18. The molecule has 0 unspecified atom stereocenters. The molecule has 3 rings (SSSR count). The van der Waals surface area contributed by atoms with Crippen molar-refractivity contribution in [2.45, 2.75) is 26.7 Å². The third-order valence-electron chi connectivity index (χ3n) is 4.28. The summed E-state index contributed by atoms with van der Waals surface area (Å²) in [6.07, 6.45) is 2.42. The van der Waals surface area contributed by atoms with Gasteiger partial charge in [-0.25, -0.2) is 4.98 Å². The minimum Gasteiger partial charge on any atom is -0.494 e. The lowest BCUT2D eigenvalue weighted by molar-refractivity contribution is -0.118. The van der Waals surface area contributed by atoms with Gasteiger partial charge in [-0.2, -0.15) is 0 Å². The molecule has 1 aromatic heterocycles. The van der Waals surface area contributed by atoms with E-state index < -0.39 is 0 Å². The lowest BCUT2D eigenvalue weighted by Gasteiger charge is -2.18. The van der Waals surface area contributed by atoms with Crippen LogP contribution in [-0.4, -0.2) is 37.2 Å². The summed E-state index contributed by atoms with van der Waals surface area (Å²) in [6, 6.07) is 11.1. The predicted octanol–water partition coefficient (Wildman–Crippen LogP) is 3.41. The van der Waals surface area contributed by atoms with Gasteiger partial charge < -0.3 is 19.7 Å². The van der Waals surface area contributed by atoms with E-state index in [4.69, 9.17) is 9.47 Å². The molecule has 0 bridgehead atoms. The highest BCUT2D eigenvalue weighted by atomic mass is 16.5. The van der Waals surface area contributed by atoms with Crippen LogP contribution in [0.25, 0.3) is 0 Å². The zero-order chi connectivity index (χ0) is 18.4. The van der Waals surface area contributed by atoms with Crippen LogP contribution in [-0.2, 0) is 4.79 Å². The van der Waals surface area contributed by atoms with Crippen LogP contribution in [0.2, 0.25) is 0 Å². The van der Waals surface area contributed by atoms with Crippen molar-refractivity contribution < 1.29 is 14.3 Å². The van der Waals surface area contributed by atoms with Crippen molar-refractivity contribution in [3.63, 3.8) is 0 Å². The van der Waals surface area contributed by atoms with E-state index in [1.165, 1.54) is 12.8 Å². The van der Waals surface area contributed by atoms with Gasteiger partial charge in [-0.05, 0) is 63.1 Å². The van der Waals surface area contributed by atoms with Gasteiger partial charge in [-0.1, -0.05) is 0 Å². The first-order valence-corrected chi connectivity index (χ1v) is 9.04. The van der Waals surface area contributed by atoms with Gasteiger partial charge in [0.15, 0.2) is 6.61 Å². The van der Waals surface area contributed by atoms with Crippen molar-refractivity contribution in [1.82, 2.24) is 4.98 Å². The summed E-state index contributed by atoms with van der Waals surface area (Å²) in [5.74, 6) is 2.17. The summed E-state index contributed by atoms with van der Waals surface area (Å²) >= 11 is 0. The molecular formula is C20H25N3O3. The molecular weight excluding hydrogens is 330 g/mol. The number of rotatable bonds is 7. The van der Waals surface area contributed by atoms with Crippen molar-refractivity contribution in [2.24, 2.45) is 0 Å². The smallest absolute Gasteiger partial charge is 0.262 e. The Morgan fingerprint density at radius 3 is 2.35 bits per heavy atom. The Hall–Kier alpha value is -2.76. The quantitative estimate of drug-likeness (QED) is 0.825. The normalized spacial score (nSPS) is 13.5. The van der Waals surface area contributed by atoms with E-state index in [-0.39, 0.29) is 12.5 Å². The van der Waals surface area contributed by atoms with Crippen LogP contribution in [0.15, 0.2) is 36.4 Å². The lowest BCUT2D eigenvalue weighted by Crippen LogP contribution is -2.22. The van der Waals surface area contributed by atoms with E-state index in [1.54, 1.807) is 12.1 Å². The van der Waals surface area contributed by atoms with Crippen LogP contribution in [0.4, 0.5) is 11.5 Å². The standard InChI is InChI=1S/C20H25N3O3/c1-3-25-16-6-8-17(9-7-16)26-14-20(24)22-18-10-11-19(21-15(18)2)23-12-4-5-13-23/h6-11H,3-5,12-14H2,1-2H3,(H,22,24). The third-order valence-corrected chi connectivity index (χ3v) is 4.28. The fourth-order valence-electron chi connectivity index (χ4n) is 2.94. The van der Waals surface area contributed by atoms with Crippen molar-refractivity contribution in [3.8, 4) is 11.5 Å². The maximum atomic E-state index is 12.1. The number of carbonyl (C=O) groups excluding carboxylic acids is 1. The fraction of sp³-hybridized carbons (Fsp3) is 0.400. The van der Waals surface area contributed by atoms with Crippen LogP contribution in [0.3, 0.4) is 0 Å². The Bertz CT molecular complexity index is 740. The highest BCUT2D eigenvalue weighted by Crippen LogP contribution is 2.22. The zero-order valence-electron chi connectivity index (χ0n) is 15.3. The summed E-state index contributed by atoms with van der Waals surface area (Å²) in [5.41, 5.74) is 1.53. The van der Waals surface area contributed by atoms with E-state index >= 15 is 0 Å². The molecule has 1 aliphatic rings. The third kappa shape index (κ3) is 4.65. The average molecular weight is 355 g/mol. The molecule has 6 nitrogen and oxygen atoms in total. The number of benzene rings is 1. The van der Waals surface area contributed by atoms with Gasteiger partial charge in [-0.3, -0.25) is 4.79 Å². The summed E-state index contributed by atoms with van der Waals surface area (Å²) in [7, 11) is 0. The topological polar surface area (TPSA) is 63.7 Å². The molecule has 0 saturated carbocycles. The van der Waals surface area contributed by atoms with E-state index in [9.17, 15) is 4.79 Å². The van der Waals surface area contributed by atoms with Crippen molar-refractivity contribution in [3.05, 3.63) is 42.1 Å². The molecule has 26 heavy (non-hydrogen) atoms. The number of hydrogen-bond acceptors (Lipinski definition) is 5. The second-order valence-corrected chi connectivity index (χ2v) is 6.24. The number of aryl methyl sites for hydroxylation is 1.